The van der Waals surface area contributed by atoms with Gasteiger partial charge in [-0.15, -0.1) is 11.3 Å². The summed E-state index contributed by atoms with van der Waals surface area (Å²) in [6.45, 7) is 0. The van der Waals surface area contributed by atoms with Gasteiger partial charge in [0, 0.05) is 14.9 Å². The maximum Gasteiger partial charge on any atom is 0.130 e. The lowest BCUT2D eigenvalue weighted by Gasteiger charge is -2.11. The molecular weight excluding hydrogens is 303 g/mol. The number of rotatable bonds is 4. The Morgan fingerprint density at radius 3 is 2.82 bits per heavy atom. The zero-order chi connectivity index (χ0) is 12.3. The predicted octanol–water partition coefficient (Wildman–Crippen LogP) is 4.32. The van der Waals surface area contributed by atoms with E-state index >= 15 is 0 Å². The fourth-order valence-corrected chi connectivity index (χ4v) is 2.72. The van der Waals surface area contributed by atoms with Crippen LogP contribution in [0.4, 0.5) is 4.39 Å². The molecule has 1 aromatic carbocycles. The van der Waals surface area contributed by atoms with Gasteiger partial charge in [0.15, 0.2) is 0 Å². The zero-order valence-electron chi connectivity index (χ0n) is 9.07. The van der Waals surface area contributed by atoms with Crippen LogP contribution in [0.15, 0.2) is 40.2 Å². The second-order valence-corrected chi connectivity index (χ2v) is 5.75. The van der Waals surface area contributed by atoms with E-state index < -0.39 is 6.10 Å². The molecule has 1 aromatic heterocycles. The maximum absolute atomic E-state index is 13.6. The van der Waals surface area contributed by atoms with Crippen molar-refractivity contribution in [2.45, 2.75) is 18.9 Å². The van der Waals surface area contributed by atoms with E-state index in [-0.39, 0.29) is 5.82 Å². The van der Waals surface area contributed by atoms with Crippen molar-refractivity contribution >= 4 is 27.3 Å². The van der Waals surface area contributed by atoms with Crippen LogP contribution >= 0.6 is 27.3 Å². The van der Waals surface area contributed by atoms with E-state index in [2.05, 4.69) is 15.9 Å². The Kier molecular flexibility index (Phi) is 4.31. The van der Waals surface area contributed by atoms with Gasteiger partial charge < -0.3 is 5.11 Å². The lowest BCUT2D eigenvalue weighted by atomic mass is 10.0. The average molecular weight is 315 g/mol. The van der Waals surface area contributed by atoms with Crippen LogP contribution in [0.25, 0.3) is 0 Å². The molecule has 17 heavy (non-hydrogen) atoms. The third-order valence-electron chi connectivity index (χ3n) is 2.57. The monoisotopic (exact) mass is 314 g/mol. The Bertz CT molecular complexity index is 484. The number of aryl methyl sites for hydroxylation is 1. The molecule has 1 atom stereocenters. The Morgan fingerprint density at radius 2 is 2.18 bits per heavy atom. The van der Waals surface area contributed by atoms with E-state index in [9.17, 15) is 9.50 Å². The fraction of sp³-hybridized carbons (Fsp3) is 0.231. The molecule has 0 fully saturated rings. The summed E-state index contributed by atoms with van der Waals surface area (Å²) in [6.07, 6.45) is 0.568. The first-order valence-electron chi connectivity index (χ1n) is 5.32. The number of halogens is 2. The van der Waals surface area contributed by atoms with Gasteiger partial charge in [-0.3, -0.25) is 0 Å². The summed E-state index contributed by atoms with van der Waals surface area (Å²) in [5.74, 6) is -0.363. The van der Waals surface area contributed by atoms with Crippen LogP contribution in [0.3, 0.4) is 0 Å². The van der Waals surface area contributed by atoms with Crippen molar-refractivity contribution in [2.75, 3.05) is 0 Å². The maximum atomic E-state index is 13.6. The van der Waals surface area contributed by atoms with Gasteiger partial charge >= 0.3 is 0 Å². The van der Waals surface area contributed by atoms with Crippen LogP contribution < -0.4 is 0 Å². The minimum atomic E-state index is -0.745. The highest BCUT2D eigenvalue weighted by atomic mass is 79.9. The van der Waals surface area contributed by atoms with Gasteiger partial charge in [-0.05, 0) is 36.4 Å². The molecule has 0 amide bonds. The first-order valence-corrected chi connectivity index (χ1v) is 6.99. The average Bonchev–Trinajstić information content (AvgIpc) is 2.78. The SMILES string of the molecule is OC(CCc1cccs1)c1ccc(Br)cc1F. The molecule has 2 aromatic rings. The Morgan fingerprint density at radius 1 is 1.35 bits per heavy atom. The van der Waals surface area contributed by atoms with Crippen LogP contribution in [0.1, 0.15) is 23.0 Å². The van der Waals surface area contributed by atoms with Gasteiger partial charge in [-0.25, -0.2) is 4.39 Å². The molecular formula is C13H12BrFOS. The number of hydrogen-bond donors (Lipinski definition) is 1. The van der Waals surface area contributed by atoms with E-state index in [0.717, 1.165) is 6.42 Å². The quantitative estimate of drug-likeness (QED) is 0.891. The smallest absolute Gasteiger partial charge is 0.130 e. The highest BCUT2D eigenvalue weighted by Gasteiger charge is 2.13. The van der Waals surface area contributed by atoms with E-state index in [4.69, 9.17) is 0 Å². The lowest BCUT2D eigenvalue weighted by Crippen LogP contribution is -2.02. The van der Waals surface area contributed by atoms with Crippen LogP contribution in [0.5, 0.6) is 0 Å². The zero-order valence-corrected chi connectivity index (χ0v) is 11.5. The molecule has 0 spiro atoms. The number of thiophene rings is 1. The number of benzene rings is 1. The summed E-state index contributed by atoms with van der Waals surface area (Å²) in [7, 11) is 0. The summed E-state index contributed by atoms with van der Waals surface area (Å²) in [5.41, 5.74) is 0.366. The minimum Gasteiger partial charge on any atom is -0.388 e. The second kappa shape index (κ2) is 5.76. The van der Waals surface area contributed by atoms with E-state index in [1.807, 2.05) is 17.5 Å². The normalized spacial score (nSPS) is 12.6. The number of aliphatic hydroxyl groups is 1. The van der Waals surface area contributed by atoms with Crippen molar-refractivity contribution in [3.63, 3.8) is 0 Å². The van der Waals surface area contributed by atoms with Crippen LogP contribution in [-0.4, -0.2) is 5.11 Å². The topological polar surface area (TPSA) is 20.2 Å². The van der Waals surface area contributed by atoms with Crippen molar-refractivity contribution in [1.82, 2.24) is 0 Å². The molecule has 0 saturated carbocycles. The van der Waals surface area contributed by atoms with Gasteiger partial charge in [0.2, 0.25) is 0 Å². The van der Waals surface area contributed by atoms with Gasteiger partial charge in [-0.1, -0.05) is 28.1 Å². The van der Waals surface area contributed by atoms with Crippen LogP contribution in [0.2, 0.25) is 0 Å². The molecule has 0 radical (unpaired) electrons. The molecule has 0 saturated heterocycles. The van der Waals surface area contributed by atoms with Gasteiger partial charge in [0.05, 0.1) is 6.10 Å². The molecule has 1 heterocycles. The lowest BCUT2D eigenvalue weighted by molar-refractivity contribution is 0.163. The first-order chi connectivity index (χ1) is 8.16. The second-order valence-electron chi connectivity index (χ2n) is 3.80. The van der Waals surface area contributed by atoms with E-state index in [1.54, 1.807) is 23.5 Å². The minimum absolute atomic E-state index is 0.363. The van der Waals surface area contributed by atoms with Crippen molar-refractivity contribution in [2.24, 2.45) is 0 Å². The highest BCUT2D eigenvalue weighted by molar-refractivity contribution is 9.10. The van der Waals surface area contributed by atoms with Crippen molar-refractivity contribution < 1.29 is 9.50 Å². The molecule has 0 aliphatic carbocycles. The number of hydrogen-bond acceptors (Lipinski definition) is 2. The van der Waals surface area contributed by atoms with Gasteiger partial charge in [-0.2, -0.15) is 0 Å². The molecule has 90 valence electrons. The molecule has 0 aliphatic rings. The van der Waals surface area contributed by atoms with E-state index in [0.29, 0.717) is 16.5 Å². The van der Waals surface area contributed by atoms with Gasteiger partial charge in [0.25, 0.3) is 0 Å². The Hall–Kier alpha value is -0.710. The molecule has 2 rings (SSSR count). The van der Waals surface area contributed by atoms with Crippen molar-refractivity contribution in [3.8, 4) is 0 Å². The van der Waals surface area contributed by atoms with Crippen LogP contribution in [-0.2, 0) is 6.42 Å². The van der Waals surface area contributed by atoms with E-state index in [1.165, 1.54) is 10.9 Å². The summed E-state index contributed by atoms with van der Waals surface area (Å²) in [4.78, 5) is 1.21. The van der Waals surface area contributed by atoms with Crippen molar-refractivity contribution in [3.05, 3.63) is 56.4 Å². The third-order valence-corrected chi connectivity index (χ3v) is 4.00. The molecule has 1 unspecified atom stereocenters. The molecule has 0 bridgehead atoms. The van der Waals surface area contributed by atoms with Crippen molar-refractivity contribution in [1.29, 1.82) is 0 Å². The Balaban J connectivity index is 2.01. The summed E-state index contributed by atoms with van der Waals surface area (Å²) in [6, 6.07) is 8.75. The molecule has 0 aliphatic heterocycles. The molecule has 4 heteroatoms. The standard InChI is InChI=1S/C13H12BrFOS/c14-9-3-5-11(12(15)8-9)13(16)6-4-10-2-1-7-17-10/h1-3,5,7-8,13,16H,4,6H2. The Labute approximate surface area is 112 Å². The molecule has 1 nitrogen and oxygen atoms in total. The first kappa shape index (κ1) is 12.7. The third kappa shape index (κ3) is 3.37. The number of aliphatic hydroxyl groups excluding tert-OH is 1. The highest BCUT2D eigenvalue weighted by Crippen LogP contribution is 2.25. The summed E-state index contributed by atoms with van der Waals surface area (Å²) < 4.78 is 14.3. The van der Waals surface area contributed by atoms with Crippen LogP contribution in [0, 0.1) is 5.82 Å². The van der Waals surface area contributed by atoms with Gasteiger partial charge in [0.1, 0.15) is 5.82 Å². The summed E-state index contributed by atoms with van der Waals surface area (Å²) >= 11 is 4.85. The fourth-order valence-electron chi connectivity index (χ4n) is 1.66. The summed E-state index contributed by atoms with van der Waals surface area (Å²) in [5, 5.41) is 11.9. The predicted molar refractivity (Wildman–Crippen MR) is 71.7 cm³/mol. The molecule has 1 N–H and O–H groups in total. The largest absolute Gasteiger partial charge is 0.388 e.